The van der Waals surface area contributed by atoms with Crippen molar-refractivity contribution in [2.45, 2.75) is 25.7 Å². The minimum atomic E-state index is -3.24. The van der Waals surface area contributed by atoms with Gasteiger partial charge in [0, 0.05) is 4.90 Å². The van der Waals surface area contributed by atoms with Crippen molar-refractivity contribution in [3.63, 3.8) is 0 Å². The van der Waals surface area contributed by atoms with E-state index in [9.17, 15) is 8.42 Å². The Morgan fingerprint density at radius 3 is 1.15 bits per heavy atom. The monoisotopic (exact) mass is 670 g/mol. The fourth-order valence-electron chi connectivity index (χ4n) is 3.32. The van der Waals surface area contributed by atoms with Crippen LogP contribution in [0.5, 0.6) is 0 Å². The van der Waals surface area contributed by atoms with Gasteiger partial charge in [0.05, 0.1) is 9.84 Å². The molecule has 0 aliphatic carbocycles. The summed E-state index contributed by atoms with van der Waals surface area (Å²) in [4.78, 5) is 0.356. The van der Waals surface area contributed by atoms with Gasteiger partial charge in [-0.1, -0.05) is 130 Å². The molecule has 5 heteroatoms. The molecule has 0 spiro atoms. The molecule has 0 atom stereocenters. The number of benzene rings is 4. The van der Waals surface area contributed by atoms with Gasteiger partial charge in [0.15, 0.2) is 0 Å². The van der Waals surface area contributed by atoms with Crippen LogP contribution in [0.4, 0.5) is 0 Å². The standard InChI is InChI=1S/C18H15P.C11H15O2S.Au/c1-4-10-16(11-5-1)19(17-12-6-2-7-13-17)18-14-8-3-9-15-18;1-11(2,3)9-14(12,13)10-7-5-4-6-8-10;/h1-15H;4-9H,1-3H3;/q;-1;+1. The minimum Gasteiger partial charge on any atom is -0.257 e. The Hall–Kier alpha value is -2.00. The van der Waals surface area contributed by atoms with E-state index >= 15 is 0 Å². The van der Waals surface area contributed by atoms with Gasteiger partial charge in [0.25, 0.3) is 0 Å². The predicted octanol–water partition coefficient (Wildman–Crippen LogP) is 6.11. The zero-order chi connectivity index (χ0) is 23.7. The quantitative estimate of drug-likeness (QED) is 0.146. The Bertz CT molecular complexity index is 1110. The molecule has 4 aromatic carbocycles. The second-order valence-corrected chi connectivity index (χ2v) is 12.7. The van der Waals surface area contributed by atoms with E-state index in [4.69, 9.17) is 0 Å². The van der Waals surface area contributed by atoms with Gasteiger partial charge in [-0.3, -0.25) is 8.42 Å². The van der Waals surface area contributed by atoms with Gasteiger partial charge < -0.3 is 0 Å². The van der Waals surface area contributed by atoms with Crippen LogP contribution >= 0.6 is 7.92 Å². The van der Waals surface area contributed by atoms with Gasteiger partial charge in [0.1, 0.15) is 0 Å². The molecule has 0 saturated carbocycles. The topological polar surface area (TPSA) is 34.1 Å². The van der Waals surface area contributed by atoms with Gasteiger partial charge >= 0.3 is 22.4 Å². The molecule has 0 bridgehead atoms. The van der Waals surface area contributed by atoms with E-state index in [1.54, 1.807) is 30.3 Å². The summed E-state index contributed by atoms with van der Waals surface area (Å²) in [5, 5.41) is 4.19. The van der Waals surface area contributed by atoms with Crippen LogP contribution in [0.2, 0.25) is 0 Å². The molecule has 0 aromatic heterocycles. The van der Waals surface area contributed by atoms with Gasteiger partial charge in [-0.2, -0.15) is 11.2 Å². The molecular weight excluding hydrogens is 640 g/mol. The number of rotatable bonds is 5. The van der Waals surface area contributed by atoms with Crippen molar-refractivity contribution in [2.24, 2.45) is 5.41 Å². The summed E-state index contributed by atoms with van der Waals surface area (Å²) in [5.41, 5.74) is -0.325. The fraction of sp³-hybridized carbons (Fsp3) is 0.138. The second kappa shape index (κ2) is 13.2. The van der Waals surface area contributed by atoms with Gasteiger partial charge in [0.2, 0.25) is 0 Å². The zero-order valence-corrected chi connectivity index (χ0v) is 23.5. The molecule has 4 rings (SSSR count). The second-order valence-electron chi connectivity index (χ2n) is 8.68. The predicted molar refractivity (Wildman–Crippen MR) is 143 cm³/mol. The maximum atomic E-state index is 11.8. The van der Waals surface area contributed by atoms with E-state index in [0.717, 1.165) is 0 Å². The molecule has 0 aliphatic heterocycles. The van der Waals surface area contributed by atoms with Gasteiger partial charge in [-0.15, -0.1) is 0 Å². The molecule has 0 saturated heterocycles. The number of hydrogen-bond acceptors (Lipinski definition) is 2. The Kier molecular flexibility index (Phi) is 11.0. The third-order valence-corrected chi connectivity index (χ3v) is 9.01. The van der Waals surface area contributed by atoms with Crippen LogP contribution < -0.4 is 15.9 Å². The van der Waals surface area contributed by atoms with Crippen molar-refractivity contribution in [3.05, 3.63) is 127 Å². The smallest absolute Gasteiger partial charge is 0.257 e. The third-order valence-electron chi connectivity index (χ3n) is 4.62. The first-order valence-electron chi connectivity index (χ1n) is 10.9. The van der Waals surface area contributed by atoms with Crippen molar-refractivity contribution in [1.29, 1.82) is 0 Å². The van der Waals surface area contributed by atoms with Crippen molar-refractivity contribution in [3.8, 4) is 0 Å². The molecule has 0 heterocycles. The molecule has 0 unspecified atom stereocenters. The maximum absolute atomic E-state index is 11.8. The molecule has 0 fully saturated rings. The molecule has 0 N–H and O–H groups in total. The van der Waals surface area contributed by atoms with Crippen LogP contribution in [0.25, 0.3) is 0 Å². The fourth-order valence-corrected chi connectivity index (χ4v) is 7.23. The van der Waals surface area contributed by atoms with Crippen molar-refractivity contribution < 1.29 is 30.8 Å². The van der Waals surface area contributed by atoms with Crippen LogP contribution in [-0.2, 0) is 32.2 Å². The van der Waals surface area contributed by atoms with E-state index in [0.29, 0.717) is 4.90 Å². The van der Waals surface area contributed by atoms with Crippen molar-refractivity contribution in [2.75, 3.05) is 0 Å². The molecule has 2 nitrogen and oxygen atoms in total. The number of hydrogen-bond donors (Lipinski definition) is 0. The Morgan fingerprint density at radius 1 is 0.559 bits per heavy atom. The Labute approximate surface area is 221 Å². The Balaban J connectivity index is 0.000000245. The first kappa shape index (κ1) is 28.2. The first-order valence-corrected chi connectivity index (χ1v) is 13.8. The van der Waals surface area contributed by atoms with E-state index in [1.807, 2.05) is 20.8 Å². The number of sulfone groups is 1. The largest absolute Gasteiger partial charge is 1.00 e. The minimum absolute atomic E-state index is 0. The molecule has 0 radical (unpaired) electrons. The molecular formula is C29H30AuO2PS. The average Bonchev–Trinajstić information content (AvgIpc) is 2.81. The first-order chi connectivity index (χ1) is 15.8. The summed E-state index contributed by atoms with van der Waals surface area (Å²) in [6, 6.07) is 40.8. The van der Waals surface area contributed by atoms with Crippen molar-refractivity contribution in [1.82, 2.24) is 0 Å². The van der Waals surface area contributed by atoms with E-state index in [2.05, 4.69) is 91.0 Å². The van der Waals surface area contributed by atoms with Gasteiger partial charge in [-0.25, -0.2) is 0 Å². The summed E-state index contributed by atoms with van der Waals surface area (Å²) in [6.07, 6.45) is 0. The SMILES string of the molecule is CC(C)(C)[CH-]S(=O)(=O)c1ccccc1.[Au+].c1ccc(P(c2ccccc2)c2ccccc2)cc1. The van der Waals surface area contributed by atoms with Gasteiger partial charge in [-0.05, 0) is 36.0 Å². The van der Waals surface area contributed by atoms with Crippen molar-refractivity contribution >= 4 is 33.7 Å². The molecule has 180 valence electrons. The summed E-state index contributed by atoms with van der Waals surface area (Å²) in [7, 11) is -3.69. The summed E-state index contributed by atoms with van der Waals surface area (Å²) >= 11 is 0. The van der Waals surface area contributed by atoms with Crippen LogP contribution in [0.3, 0.4) is 0 Å². The zero-order valence-electron chi connectivity index (χ0n) is 19.6. The van der Waals surface area contributed by atoms with E-state index in [-0.39, 0.29) is 27.8 Å². The van der Waals surface area contributed by atoms with Crippen LogP contribution in [0.1, 0.15) is 20.8 Å². The third kappa shape index (κ3) is 8.65. The average molecular weight is 671 g/mol. The van der Waals surface area contributed by atoms with E-state index in [1.165, 1.54) is 21.7 Å². The Morgan fingerprint density at radius 2 is 0.853 bits per heavy atom. The van der Waals surface area contributed by atoms with Crippen LogP contribution in [0, 0.1) is 11.2 Å². The summed E-state index contributed by atoms with van der Waals surface area (Å²) in [6.45, 7) is 5.61. The molecule has 34 heavy (non-hydrogen) atoms. The maximum Gasteiger partial charge on any atom is 1.00 e. The van der Waals surface area contributed by atoms with Crippen LogP contribution in [0.15, 0.2) is 126 Å². The summed E-state index contributed by atoms with van der Waals surface area (Å²) in [5.74, 6) is 1.38. The van der Waals surface area contributed by atoms with Crippen LogP contribution in [-0.4, -0.2) is 8.42 Å². The molecule has 0 amide bonds. The van der Waals surface area contributed by atoms with E-state index < -0.39 is 17.8 Å². The normalized spacial score (nSPS) is 11.2. The summed E-state index contributed by atoms with van der Waals surface area (Å²) < 4.78 is 23.6. The molecule has 0 aliphatic rings. The molecule has 4 aromatic rings.